The molecule has 2 rings (SSSR count). The first-order chi connectivity index (χ1) is 9.26. The maximum atomic E-state index is 12.2. The Kier molecular flexibility index (Phi) is 4.81. The van der Waals surface area contributed by atoms with Gasteiger partial charge in [-0.1, -0.05) is 0 Å². The van der Waals surface area contributed by atoms with Crippen LogP contribution in [-0.4, -0.2) is 48.9 Å². The first-order valence-corrected chi connectivity index (χ1v) is 6.46. The highest BCUT2D eigenvalue weighted by molar-refractivity contribution is 5.75. The Balaban J connectivity index is 1.99. The van der Waals surface area contributed by atoms with Crippen molar-refractivity contribution in [3.8, 4) is 0 Å². The summed E-state index contributed by atoms with van der Waals surface area (Å²) in [6, 6.07) is 3.00. The third-order valence-corrected chi connectivity index (χ3v) is 3.37. The van der Waals surface area contributed by atoms with E-state index in [1.807, 2.05) is 0 Å². The summed E-state index contributed by atoms with van der Waals surface area (Å²) in [6.07, 6.45) is 3.34. The first-order valence-electron chi connectivity index (χ1n) is 6.46. The van der Waals surface area contributed by atoms with E-state index in [0.29, 0.717) is 18.9 Å². The van der Waals surface area contributed by atoms with Crippen LogP contribution in [0.15, 0.2) is 22.8 Å². The summed E-state index contributed by atoms with van der Waals surface area (Å²) >= 11 is 0. The summed E-state index contributed by atoms with van der Waals surface area (Å²) in [5.41, 5.74) is 0. The van der Waals surface area contributed by atoms with Gasteiger partial charge in [0.1, 0.15) is 11.8 Å². The lowest BCUT2D eigenvalue weighted by molar-refractivity contribution is 0.134. The molecule has 1 unspecified atom stereocenters. The van der Waals surface area contributed by atoms with E-state index in [1.165, 1.54) is 0 Å². The minimum absolute atomic E-state index is 0.00309. The predicted octanol–water partition coefficient (Wildman–Crippen LogP) is 1.13. The average molecular weight is 268 g/mol. The smallest absolute Gasteiger partial charge is 0.318 e. The summed E-state index contributed by atoms with van der Waals surface area (Å²) in [4.78, 5) is 13.9. The lowest BCUT2D eigenvalue weighted by atomic mass is 10.2. The van der Waals surface area contributed by atoms with Crippen LogP contribution in [0.1, 0.15) is 24.6 Å². The van der Waals surface area contributed by atoms with Crippen molar-refractivity contribution in [2.45, 2.75) is 24.9 Å². The topological polar surface area (TPSA) is 74.9 Å². The van der Waals surface area contributed by atoms with Gasteiger partial charge in [0.25, 0.3) is 0 Å². The number of furan rings is 1. The summed E-state index contributed by atoms with van der Waals surface area (Å²) < 4.78 is 10.4. The van der Waals surface area contributed by atoms with E-state index in [0.717, 1.165) is 12.8 Å². The molecule has 1 aromatic rings. The molecule has 2 heterocycles. The van der Waals surface area contributed by atoms with Gasteiger partial charge in [-0.05, 0) is 25.0 Å². The van der Waals surface area contributed by atoms with Gasteiger partial charge in [-0.2, -0.15) is 0 Å². The molecule has 0 bridgehead atoms. The van der Waals surface area contributed by atoms with E-state index >= 15 is 0 Å². The maximum Gasteiger partial charge on any atom is 0.318 e. The second kappa shape index (κ2) is 6.58. The molecule has 19 heavy (non-hydrogen) atoms. The Labute approximate surface area is 112 Å². The molecule has 0 aliphatic carbocycles. The molecule has 0 radical (unpaired) electrons. The van der Waals surface area contributed by atoms with E-state index in [9.17, 15) is 9.90 Å². The number of hydrogen-bond acceptors (Lipinski definition) is 4. The second-order valence-electron chi connectivity index (χ2n) is 4.64. The number of aliphatic hydroxyl groups is 1. The van der Waals surface area contributed by atoms with Crippen LogP contribution in [0.25, 0.3) is 0 Å². The zero-order valence-electron chi connectivity index (χ0n) is 11.0. The van der Waals surface area contributed by atoms with Crippen molar-refractivity contribution in [1.29, 1.82) is 0 Å². The molecular weight excluding hydrogens is 248 g/mol. The van der Waals surface area contributed by atoms with Gasteiger partial charge in [0.2, 0.25) is 0 Å². The molecule has 1 saturated heterocycles. The molecule has 106 valence electrons. The van der Waals surface area contributed by atoms with E-state index in [1.54, 1.807) is 30.4 Å². The quantitative estimate of drug-likeness (QED) is 0.839. The highest BCUT2D eigenvalue weighted by Gasteiger charge is 2.30. The van der Waals surface area contributed by atoms with Crippen molar-refractivity contribution in [2.75, 3.05) is 26.9 Å². The molecule has 1 aliphatic heterocycles. The van der Waals surface area contributed by atoms with Gasteiger partial charge in [0.15, 0.2) is 0 Å². The van der Waals surface area contributed by atoms with Crippen LogP contribution in [0.5, 0.6) is 0 Å². The summed E-state index contributed by atoms with van der Waals surface area (Å²) in [7, 11) is 1.58. The summed E-state index contributed by atoms with van der Waals surface area (Å²) in [5.74, 6) is 0.662. The molecule has 6 heteroatoms. The highest BCUT2D eigenvalue weighted by Crippen LogP contribution is 2.19. The fourth-order valence-corrected chi connectivity index (χ4v) is 2.38. The van der Waals surface area contributed by atoms with Gasteiger partial charge < -0.3 is 24.5 Å². The van der Waals surface area contributed by atoms with Crippen molar-refractivity contribution >= 4 is 6.03 Å². The Morgan fingerprint density at radius 2 is 2.58 bits per heavy atom. The second-order valence-corrected chi connectivity index (χ2v) is 4.64. The van der Waals surface area contributed by atoms with Crippen LogP contribution in [0, 0.1) is 0 Å². The first kappa shape index (κ1) is 13.9. The van der Waals surface area contributed by atoms with E-state index < -0.39 is 0 Å². The van der Waals surface area contributed by atoms with E-state index in [-0.39, 0.29) is 24.7 Å². The number of ether oxygens (including phenoxy) is 1. The van der Waals surface area contributed by atoms with Crippen molar-refractivity contribution in [1.82, 2.24) is 10.2 Å². The number of urea groups is 1. The molecule has 0 aromatic carbocycles. The molecule has 2 amide bonds. The van der Waals surface area contributed by atoms with Crippen LogP contribution < -0.4 is 5.32 Å². The van der Waals surface area contributed by atoms with Crippen LogP contribution >= 0.6 is 0 Å². The Bertz CT molecular complexity index is 393. The van der Waals surface area contributed by atoms with Gasteiger partial charge in [-0.15, -0.1) is 0 Å². The predicted molar refractivity (Wildman–Crippen MR) is 68.7 cm³/mol. The molecule has 1 aliphatic rings. The number of nitrogens with one attached hydrogen (secondary N) is 1. The van der Waals surface area contributed by atoms with E-state index in [2.05, 4.69) is 5.32 Å². The molecule has 2 atom stereocenters. The molecule has 1 aromatic heterocycles. The highest BCUT2D eigenvalue weighted by atomic mass is 16.5. The van der Waals surface area contributed by atoms with Crippen LogP contribution in [0.2, 0.25) is 0 Å². The van der Waals surface area contributed by atoms with Crippen LogP contribution in [-0.2, 0) is 4.74 Å². The summed E-state index contributed by atoms with van der Waals surface area (Å²) in [5, 5.41) is 12.1. The SMILES string of the molecule is COCC(NC(=O)N1CCC[C@H]1CO)c1ccco1. The van der Waals surface area contributed by atoms with Crippen molar-refractivity contribution in [2.24, 2.45) is 0 Å². The fourth-order valence-electron chi connectivity index (χ4n) is 2.38. The average Bonchev–Trinajstić information content (AvgIpc) is 3.09. The van der Waals surface area contributed by atoms with Crippen LogP contribution in [0.4, 0.5) is 4.79 Å². The zero-order chi connectivity index (χ0) is 13.7. The Hall–Kier alpha value is -1.53. The third-order valence-electron chi connectivity index (χ3n) is 3.37. The fraction of sp³-hybridized carbons (Fsp3) is 0.615. The molecular formula is C13H20N2O4. The number of rotatable bonds is 5. The molecule has 0 spiro atoms. The third kappa shape index (κ3) is 3.27. The van der Waals surface area contributed by atoms with Crippen molar-refractivity contribution < 1.29 is 19.1 Å². The van der Waals surface area contributed by atoms with Gasteiger partial charge in [0.05, 0.1) is 25.5 Å². The van der Waals surface area contributed by atoms with E-state index in [4.69, 9.17) is 9.15 Å². The molecule has 0 saturated carbocycles. The minimum atomic E-state index is -0.313. The van der Waals surface area contributed by atoms with Gasteiger partial charge in [-0.25, -0.2) is 4.79 Å². The number of hydrogen-bond donors (Lipinski definition) is 2. The normalized spacial score (nSPS) is 20.5. The van der Waals surface area contributed by atoms with Gasteiger partial charge in [-0.3, -0.25) is 0 Å². The molecule has 2 N–H and O–H groups in total. The van der Waals surface area contributed by atoms with Gasteiger partial charge >= 0.3 is 6.03 Å². The minimum Gasteiger partial charge on any atom is -0.467 e. The lowest BCUT2D eigenvalue weighted by Gasteiger charge is -2.26. The largest absolute Gasteiger partial charge is 0.467 e. The molecule has 6 nitrogen and oxygen atoms in total. The molecule has 1 fully saturated rings. The monoisotopic (exact) mass is 268 g/mol. The van der Waals surface area contributed by atoms with Crippen molar-refractivity contribution in [3.63, 3.8) is 0 Å². The lowest BCUT2D eigenvalue weighted by Crippen LogP contribution is -2.46. The standard InChI is InChI=1S/C13H20N2O4/c1-18-9-11(12-5-3-7-19-12)14-13(17)15-6-2-4-10(15)8-16/h3,5,7,10-11,16H,2,4,6,8-9H2,1H3,(H,14,17)/t10-,11?/m0/s1. The number of nitrogens with zero attached hydrogens (tertiary/aromatic N) is 1. The Morgan fingerprint density at radius 1 is 1.74 bits per heavy atom. The zero-order valence-corrected chi connectivity index (χ0v) is 11.0. The number of carbonyl (C=O) groups is 1. The Morgan fingerprint density at radius 3 is 3.21 bits per heavy atom. The number of methoxy groups -OCH3 is 1. The van der Waals surface area contributed by atoms with Crippen LogP contribution in [0.3, 0.4) is 0 Å². The number of likely N-dealkylation sites (tertiary alicyclic amines) is 1. The number of carbonyl (C=O) groups excluding carboxylic acids is 1. The van der Waals surface area contributed by atoms with Gasteiger partial charge in [0, 0.05) is 13.7 Å². The maximum absolute atomic E-state index is 12.2. The number of aliphatic hydroxyl groups excluding tert-OH is 1. The number of amides is 2. The summed E-state index contributed by atoms with van der Waals surface area (Å²) in [6.45, 7) is 1.02. The van der Waals surface area contributed by atoms with Crippen molar-refractivity contribution in [3.05, 3.63) is 24.2 Å².